The summed E-state index contributed by atoms with van der Waals surface area (Å²) in [6.45, 7) is 1.19. The van der Waals surface area contributed by atoms with E-state index in [4.69, 9.17) is 15.2 Å². The Kier molecular flexibility index (Phi) is 11.1. The molecule has 3 aromatic carbocycles. The van der Waals surface area contributed by atoms with Gasteiger partial charge < -0.3 is 40.6 Å². The molecule has 0 aromatic heterocycles. The number of carboxylic acids is 1. The van der Waals surface area contributed by atoms with Gasteiger partial charge in [0.25, 0.3) is 0 Å². The number of likely N-dealkylation sites (N-methyl/N-ethyl adjacent to an activating group) is 1. The third kappa shape index (κ3) is 7.95. The Bertz CT molecular complexity index is 1510. The van der Waals surface area contributed by atoms with Gasteiger partial charge in [-0.05, 0) is 54.3 Å². The molecule has 234 valence electrons. The largest absolute Gasteiger partial charge is 0.507 e. The maximum atomic E-state index is 13.4. The van der Waals surface area contributed by atoms with Gasteiger partial charge in [-0.2, -0.15) is 0 Å². The third-order valence-corrected chi connectivity index (χ3v) is 6.78. The Morgan fingerprint density at radius 2 is 1.61 bits per heavy atom. The van der Waals surface area contributed by atoms with Crippen molar-refractivity contribution in [1.29, 1.82) is 0 Å². The maximum Gasteiger partial charge on any atom is 0.410 e. The molecule has 3 aromatic rings. The Morgan fingerprint density at radius 3 is 2.23 bits per heavy atom. The number of carbonyl (C=O) groups excluding carboxylic acids is 3. The molecule has 6 N–H and O–H groups in total. The van der Waals surface area contributed by atoms with Gasteiger partial charge in [-0.1, -0.05) is 36.4 Å². The highest BCUT2D eigenvalue weighted by atomic mass is 16.6. The van der Waals surface area contributed by atoms with Crippen LogP contribution in [0.2, 0.25) is 0 Å². The highest BCUT2D eigenvalue weighted by Crippen LogP contribution is 2.43. The summed E-state index contributed by atoms with van der Waals surface area (Å²) < 4.78 is 15.5. The lowest BCUT2D eigenvalue weighted by Gasteiger charge is -2.28. The number of carboxylic acid groups (broad SMARTS) is 1. The monoisotopic (exact) mass is 609 g/mol. The van der Waals surface area contributed by atoms with Crippen LogP contribution in [0.1, 0.15) is 29.7 Å². The molecule has 0 bridgehead atoms. The summed E-state index contributed by atoms with van der Waals surface area (Å²) in [4.78, 5) is 50.9. The number of ether oxygens (including phenoxy) is 3. The number of phenolic OH excluding ortho intramolecular Hbond substituents is 2. The lowest BCUT2D eigenvalue weighted by molar-refractivity contribution is -0.142. The number of hydrogen-bond donors (Lipinski definition) is 5. The molecule has 0 aliphatic heterocycles. The van der Waals surface area contributed by atoms with Crippen LogP contribution in [0.4, 0.5) is 4.79 Å². The first-order valence-corrected chi connectivity index (χ1v) is 13.4. The summed E-state index contributed by atoms with van der Waals surface area (Å²) in [5, 5.41) is 33.3. The van der Waals surface area contributed by atoms with Crippen LogP contribution in [0.15, 0.2) is 60.7 Å². The zero-order valence-corrected chi connectivity index (χ0v) is 24.6. The summed E-state index contributed by atoms with van der Waals surface area (Å²) in [5.41, 5.74) is 7.48. The van der Waals surface area contributed by atoms with Crippen molar-refractivity contribution < 1.29 is 48.7 Å². The Morgan fingerprint density at radius 1 is 0.932 bits per heavy atom. The molecule has 44 heavy (non-hydrogen) atoms. The van der Waals surface area contributed by atoms with Crippen molar-refractivity contribution in [1.82, 2.24) is 10.2 Å². The van der Waals surface area contributed by atoms with E-state index >= 15 is 0 Å². The van der Waals surface area contributed by atoms with E-state index in [-0.39, 0.29) is 47.0 Å². The quantitative estimate of drug-likeness (QED) is 0.189. The van der Waals surface area contributed by atoms with Gasteiger partial charge in [-0.15, -0.1) is 0 Å². The van der Waals surface area contributed by atoms with Crippen molar-refractivity contribution in [3.63, 3.8) is 0 Å². The maximum absolute atomic E-state index is 13.4. The molecule has 3 atom stereocenters. The minimum Gasteiger partial charge on any atom is -0.507 e. The zero-order valence-electron chi connectivity index (χ0n) is 24.6. The summed E-state index contributed by atoms with van der Waals surface area (Å²) >= 11 is 0. The van der Waals surface area contributed by atoms with Crippen molar-refractivity contribution >= 4 is 23.9 Å². The number of benzene rings is 3. The minimum atomic E-state index is -1.41. The Balaban J connectivity index is 2.07. The van der Waals surface area contributed by atoms with E-state index in [0.29, 0.717) is 11.1 Å². The molecule has 2 amide bonds. The SMILES string of the molecule is COC(=O)[C@@H](N)Cc1cc(O)c(OC)c(-c2cc([C@@H](C(=O)N[C@H](C)C(=O)O)N(C)C(=O)OCc3ccccc3)ccc2O)c1. The highest BCUT2D eigenvalue weighted by Gasteiger charge is 2.32. The second-order valence-corrected chi connectivity index (χ2v) is 9.93. The number of methoxy groups -OCH3 is 2. The lowest BCUT2D eigenvalue weighted by Crippen LogP contribution is -2.46. The number of nitrogens with two attached hydrogens (primary N) is 1. The Labute approximate surface area is 253 Å². The first-order valence-electron chi connectivity index (χ1n) is 13.4. The molecule has 0 heterocycles. The number of nitrogens with one attached hydrogen (secondary N) is 1. The van der Waals surface area contributed by atoms with Gasteiger partial charge in [0.15, 0.2) is 11.5 Å². The fraction of sp³-hybridized carbons (Fsp3) is 0.290. The first kappa shape index (κ1) is 33.2. The van der Waals surface area contributed by atoms with E-state index < -0.39 is 42.1 Å². The number of aromatic hydroxyl groups is 2. The number of aliphatic carboxylic acids is 1. The van der Waals surface area contributed by atoms with E-state index in [0.717, 1.165) is 4.90 Å². The molecule has 0 fully saturated rings. The number of nitrogens with zero attached hydrogens (tertiary/aromatic N) is 1. The fourth-order valence-corrected chi connectivity index (χ4v) is 4.46. The topological polar surface area (TPSA) is 198 Å². The predicted molar refractivity (Wildman–Crippen MR) is 158 cm³/mol. The van der Waals surface area contributed by atoms with Crippen molar-refractivity contribution in [2.75, 3.05) is 21.3 Å². The second kappa shape index (κ2) is 14.7. The molecule has 13 nitrogen and oxygen atoms in total. The highest BCUT2D eigenvalue weighted by molar-refractivity contribution is 5.91. The fourth-order valence-electron chi connectivity index (χ4n) is 4.46. The van der Waals surface area contributed by atoms with Gasteiger partial charge in [0, 0.05) is 18.2 Å². The predicted octanol–water partition coefficient (Wildman–Crippen LogP) is 2.72. The van der Waals surface area contributed by atoms with E-state index in [1.165, 1.54) is 52.5 Å². The van der Waals surface area contributed by atoms with Crippen molar-refractivity contribution in [3.8, 4) is 28.4 Å². The standard InChI is InChI=1S/C31H35N3O10/c1-17(29(38)39)33-28(37)26(34(2)31(41)44-16-18-8-6-5-7-9-18)20-10-11-24(35)21(15-20)22-12-19(13-23(32)30(40)43-4)14-25(36)27(22)42-3/h5-12,14-15,17,23,26,35-36H,13,16,32H2,1-4H3,(H,33,37)(H,38,39)/t17-,23+,26+/m1/s1. The van der Waals surface area contributed by atoms with Crippen LogP contribution in [0, 0.1) is 0 Å². The number of amides is 2. The number of carbonyl (C=O) groups is 4. The smallest absolute Gasteiger partial charge is 0.410 e. The van der Waals surface area contributed by atoms with Gasteiger partial charge in [-0.3, -0.25) is 19.3 Å². The molecule has 3 rings (SSSR count). The van der Waals surface area contributed by atoms with Crippen LogP contribution in [-0.4, -0.2) is 77.5 Å². The van der Waals surface area contributed by atoms with Gasteiger partial charge in [0.1, 0.15) is 30.5 Å². The summed E-state index contributed by atoms with van der Waals surface area (Å²) in [6.07, 6.45) is -0.896. The van der Waals surface area contributed by atoms with Crippen LogP contribution in [0.5, 0.6) is 17.2 Å². The molecular weight excluding hydrogens is 574 g/mol. The van der Waals surface area contributed by atoms with Crippen molar-refractivity contribution in [2.45, 2.75) is 38.1 Å². The molecule has 0 unspecified atom stereocenters. The average molecular weight is 610 g/mol. The van der Waals surface area contributed by atoms with Crippen molar-refractivity contribution in [2.24, 2.45) is 5.73 Å². The van der Waals surface area contributed by atoms with Gasteiger partial charge >= 0.3 is 18.0 Å². The van der Waals surface area contributed by atoms with E-state index in [2.05, 4.69) is 10.1 Å². The van der Waals surface area contributed by atoms with Crippen LogP contribution < -0.4 is 15.8 Å². The number of hydrogen-bond acceptors (Lipinski definition) is 10. The van der Waals surface area contributed by atoms with Gasteiger partial charge in [-0.25, -0.2) is 4.79 Å². The molecule has 0 aliphatic rings. The number of rotatable bonds is 12. The van der Waals surface area contributed by atoms with E-state index in [1.807, 2.05) is 6.07 Å². The van der Waals surface area contributed by atoms with Crippen molar-refractivity contribution in [3.05, 3.63) is 77.4 Å². The van der Waals surface area contributed by atoms with E-state index in [1.54, 1.807) is 30.3 Å². The summed E-state index contributed by atoms with van der Waals surface area (Å²) in [6, 6.07) is 12.1. The summed E-state index contributed by atoms with van der Waals surface area (Å²) in [7, 11) is 3.82. The summed E-state index contributed by atoms with van der Waals surface area (Å²) in [5.74, 6) is -3.40. The first-order chi connectivity index (χ1) is 20.9. The van der Waals surface area contributed by atoms with Crippen LogP contribution in [0.3, 0.4) is 0 Å². The minimum absolute atomic E-state index is 0.0220. The number of phenols is 2. The lowest BCUT2D eigenvalue weighted by atomic mass is 9.94. The van der Waals surface area contributed by atoms with Crippen LogP contribution in [-0.2, 0) is 36.9 Å². The molecule has 0 saturated carbocycles. The Hall–Kier alpha value is -5.30. The van der Waals surface area contributed by atoms with Gasteiger partial charge in [0.2, 0.25) is 5.91 Å². The molecule has 0 aliphatic carbocycles. The molecule has 0 radical (unpaired) electrons. The molecule has 0 spiro atoms. The number of esters is 1. The molecular formula is C31H35N3O10. The molecule has 13 heteroatoms. The van der Waals surface area contributed by atoms with Gasteiger partial charge in [0.05, 0.1) is 14.2 Å². The van der Waals surface area contributed by atoms with Crippen LogP contribution in [0.25, 0.3) is 11.1 Å². The average Bonchev–Trinajstić information content (AvgIpc) is 3.00. The third-order valence-electron chi connectivity index (χ3n) is 6.78. The molecule has 0 saturated heterocycles. The second-order valence-electron chi connectivity index (χ2n) is 9.93. The normalized spacial score (nSPS) is 12.8. The zero-order chi connectivity index (χ0) is 32.6. The van der Waals surface area contributed by atoms with Crippen LogP contribution >= 0.6 is 0 Å². The van der Waals surface area contributed by atoms with E-state index in [9.17, 15) is 34.5 Å².